The van der Waals surface area contributed by atoms with Crippen LogP contribution >= 0.6 is 0 Å². The molecule has 74 valence electrons. The lowest BCUT2D eigenvalue weighted by atomic mass is 10.2. The largest absolute Gasteiger partial charge is 0.366 e. The van der Waals surface area contributed by atoms with Crippen molar-refractivity contribution in [3.63, 3.8) is 0 Å². The Morgan fingerprint density at radius 1 is 1.29 bits per heavy atom. The van der Waals surface area contributed by atoms with Gasteiger partial charge >= 0.3 is 0 Å². The molecule has 1 aromatic carbocycles. The quantitative estimate of drug-likeness (QED) is 0.719. The molecule has 0 aliphatic carbocycles. The summed E-state index contributed by atoms with van der Waals surface area (Å²) in [6.07, 6.45) is 1.33. The Bertz CT molecular complexity index is 331. The van der Waals surface area contributed by atoms with Crippen LogP contribution in [0.5, 0.6) is 0 Å². The molecule has 1 aromatic rings. The number of benzene rings is 1. The second-order valence-electron chi connectivity index (χ2n) is 4.48. The third-order valence-corrected chi connectivity index (χ3v) is 3.42. The van der Waals surface area contributed by atoms with Gasteiger partial charge in [0.05, 0.1) is 0 Å². The van der Waals surface area contributed by atoms with E-state index in [1.54, 1.807) is 0 Å². The van der Waals surface area contributed by atoms with Crippen LogP contribution in [0, 0.1) is 6.92 Å². The molecule has 2 atom stereocenters. The number of aryl methyl sites for hydroxylation is 1. The third-order valence-electron chi connectivity index (χ3n) is 3.42. The molecule has 2 heteroatoms. The second kappa shape index (κ2) is 2.99. The summed E-state index contributed by atoms with van der Waals surface area (Å²) in [4.78, 5) is 2.54. The highest BCUT2D eigenvalue weighted by Gasteiger charge is 2.37. The predicted molar refractivity (Wildman–Crippen MR) is 58.7 cm³/mol. The van der Waals surface area contributed by atoms with Crippen molar-refractivity contribution in [2.24, 2.45) is 0 Å². The fraction of sp³-hybridized carbons (Fsp3) is 0.500. The van der Waals surface area contributed by atoms with Gasteiger partial charge in [-0.05, 0) is 25.5 Å². The average molecular weight is 188 g/mol. The van der Waals surface area contributed by atoms with Gasteiger partial charge in [0.1, 0.15) is 0 Å². The van der Waals surface area contributed by atoms with E-state index in [1.165, 1.54) is 30.8 Å². The van der Waals surface area contributed by atoms with Gasteiger partial charge in [0, 0.05) is 30.9 Å². The van der Waals surface area contributed by atoms with Crippen LogP contribution in [-0.2, 0) is 0 Å². The molecule has 2 aliphatic heterocycles. The van der Waals surface area contributed by atoms with Gasteiger partial charge < -0.3 is 10.2 Å². The summed E-state index contributed by atoms with van der Waals surface area (Å²) < 4.78 is 0. The summed E-state index contributed by atoms with van der Waals surface area (Å²) >= 11 is 0. The van der Waals surface area contributed by atoms with Crippen LogP contribution in [0.4, 0.5) is 5.69 Å². The van der Waals surface area contributed by atoms with Crippen molar-refractivity contribution < 1.29 is 0 Å². The van der Waals surface area contributed by atoms with Gasteiger partial charge in [-0.1, -0.05) is 17.7 Å². The number of hydrogen-bond acceptors (Lipinski definition) is 2. The minimum absolute atomic E-state index is 0.737. The van der Waals surface area contributed by atoms with Gasteiger partial charge in [-0.15, -0.1) is 0 Å². The summed E-state index contributed by atoms with van der Waals surface area (Å²) in [5.41, 5.74) is 2.74. The molecule has 1 N–H and O–H groups in total. The molecule has 0 amide bonds. The number of rotatable bonds is 1. The highest BCUT2D eigenvalue weighted by atomic mass is 15.3. The van der Waals surface area contributed by atoms with E-state index in [4.69, 9.17) is 0 Å². The van der Waals surface area contributed by atoms with Crippen molar-refractivity contribution in [1.29, 1.82) is 0 Å². The smallest absolute Gasteiger partial charge is 0.0430 e. The van der Waals surface area contributed by atoms with E-state index >= 15 is 0 Å². The predicted octanol–water partition coefficient (Wildman–Crippen LogP) is 1.55. The molecule has 2 bridgehead atoms. The van der Waals surface area contributed by atoms with Crippen LogP contribution < -0.4 is 10.2 Å². The Hall–Kier alpha value is -1.02. The van der Waals surface area contributed by atoms with Crippen LogP contribution in [-0.4, -0.2) is 25.2 Å². The third kappa shape index (κ3) is 1.22. The normalized spacial score (nSPS) is 29.9. The van der Waals surface area contributed by atoms with Crippen molar-refractivity contribution in [2.45, 2.75) is 25.4 Å². The van der Waals surface area contributed by atoms with Crippen LogP contribution in [0.1, 0.15) is 12.0 Å². The molecule has 0 saturated carbocycles. The highest BCUT2D eigenvalue weighted by Crippen LogP contribution is 2.29. The summed E-state index contributed by atoms with van der Waals surface area (Å²) in [6.45, 7) is 4.49. The van der Waals surface area contributed by atoms with Crippen LogP contribution in [0.3, 0.4) is 0 Å². The molecule has 14 heavy (non-hydrogen) atoms. The molecule has 2 unspecified atom stereocenters. The monoisotopic (exact) mass is 188 g/mol. The number of nitrogens with one attached hydrogen (secondary N) is 1. The molecular weight excluding hydrogens is 172 g/mol. The zero-order valence-corrected chi connectivity index (χ0v) is 8.53. The first kappa shape index (κ1) is 8.30. The zero-order valence-electron chi connectivity index (χ0n) is 8.53. The van der Waals surface area contributed by atoms with Crippen molar-refractivity contribution >= 4 is 5.69 Å². The van der Waals surface area contributed by atoms with Crippen molar-refractivity contribution in [3.05, 3.63) is 29.8 Å². The van der Waals surface area contributed by atoms with Crippen LogP contribution in [0.15, 0.2) is 24.3 Å². The molecule has 2 aliphatic rings. The Morgan fingerprint density at radius 3 is 2.64 bits per heavy atom. The van der Waals surface area contributed by atoms with Crippen molar-refractivity contribution in [1.82, 2.24) is 5.32 Å². The van der Waals surface area contributed by atoms with E-state index < -0.39 is 0 Å². The van der Waals surface area contributed by atoms with E-state index in [0.29, 0.717) is 0 Å². The molecule has 0 spiro atoms. The molecule has 3 rings (SSSR count). The summed E-state index contributed by atoms with van der Waals surface area (Å²) in [7, 11) is 0. The van der Waals surface area contributed by atoms with E-state index in [1.807, 2.05) is 0 Å². The van der Waals surface area contributed by atoms with Gasteiger partial charge in [0.15, 0.2) is 0 Å². The first-order chi connectivity index (χ1) is 6.83. The van der Waals surface area contributed by atoms with Gasteiger partial charge in [0.2, 0.25) is 0 Å². The van der Waals surface area contributed by atoms with Crippen molar-refractivity contribution in [3.8, 4) is 0 Å². The summed E-state index contributed by atoms with van der Waals surface area (Å²) in [6, 6.07) is 10.4. The Kier molecular flexibility index (Phi) is 1.77. The first-order valence-corrected chi connectivity index (χ1v) is 5.39. The minimum atomic E-state index is 0.737. The SMILES string of the molecule is Cc1ccc(N2CC3CC2CN3)cc1. The molecule has 2 nitrogen and oxygen atoms in total. The molecule has 2 heterocycles. The van der Waals surface area contributed by atoms with Gasteiger partial charge in [-0.2, -0.15) is 0 Å². The lowest BCUT2D eigenvalue weighted by Gasteiger charge is -2.29. The number of anilines is 1. The molecule has 2 fully saturated rings. The maximum atomic E-state index is 3.53. The standard InChI is InChI=1S/C12H16N2/c1-9-2-4-11(5-3-9)14-8-10-6-12(14)7-13-10/h2-5,10,12-13H,6-8H2,1H3. The summed E-state index contributed by atoms with van der Waals surface area (Å²) in [5, 5.41) is 3.53. The second-order valence-corrected chi connectivity index (χ2v) is 4.48. The lowest BCUT2D eigenvalue weighted by Crippen LogP contribution is -2.43. The maximum Gasteiger partial charge on any atom is 0.0430 e. The van der Waals surface area contributed by atoms with E-state index in [-0.39, 0.29) is 0 Å². The molecule has 0 aromatic heterocycles. The average Bonchev–Trinajstić information content (AvgIpc) is 2.80. The maximum absolute atomic E-state index is 3.53. The van der Waals surface area contributed by atoms with E-state index in [0.717, 1.165) is 12.1 Å². The lowest BCUT2D eigenvalue weighted by molar-refractivity contribution is 0.580. The van der Waals surface area contributed by atoms with Crippen LogP contribution in [0.2, 0.25) is 0 Å². The fourth-order valence-corrected chi connectivity index (χ4v) is 2.61. The van der Waals surface area contributed by atoms with E-state index in [2.05, 4.69) is 41.4 Å². The number of hydrogen-bond donors (Lipinski definition) is 1. The number of nitrogens with zero attached hydrogens (tertiary/aromatic N) is 1. The summed E-state index contributed by atoms with van der Waals surface area (Å²) in [5.74, 6) is 0. The Balaban J connectivity index is 1.86. The van der Waals surface area contributed by atoms with Gasteiger partial charge in [-0.3, -0.25) is 0 Å². The first-order valence-electron chi connectivity index (χ1n) is 5.39. The van der Waals surface area contributed by atoms with Gasteiger partial charge in [-0.25, -0.2) is 0 Å². The van der Waals surface area contributed by atoms with Crippen LogP contribution in [0.25, 0.3) is 0 Å². The molecular formula is C12H16N2. The fourth-order valence-electron chi connectivity index (χ4n) is 2.61. The number of fused-ring (bicyclic) bond motifs is 2. The minimum Gasteiger partial charge on any atom is -0.366 e. The zero-order chi connectivity index (χ0) is 9.54. The Morgan fingerprint density at radius 2 is 2.07 bits per heavy atom. The van der Waals surface area contributed by atoms with E-state index in [9.17, 15) is 0 Å². The molecule has 2 saturated heterocycles. The molecule has 0 radical (unpaired) electrons. The van der Waals surface area contributed by atoms with Gasteiger partial charge in [0.25, 0.3) is 0 Å². The number of piperazine rings is 1. The highest BCUT2D eigenvalue weighted by molar-refractivity contribution is 5.50. The van der Waals surface area contributed by atoms with Crippen molar-refractivity contribution in [2.75, 3.05) is 18.0 Å². The Labute approximate surface area is 84.9 Å². The topological polar surface area (TPSA) is 15.3 Å².